The minimum absolute atomic E-state index is 0.0389. The van der Waals surface area contributed by atoms with Crippen LogP contribution in [0.25, 0.3) is 10.7 Å². The number of urea groups is 1. The maximum Gasteiger partial charge on any atom is 0.471 e. The molecule has 0 spiro atoms. The highest BCUT2D eigenvalue weighted by molar-refractivity contribution is 7.15. The molecule has 0 saturated carbocycles. The first-order chi connectivity index (χ1) is 11.9. The standard InChI is InChI=1S/C15H15F3N4O2S/c16-15(17,18)13-19-12(20-24-13)10-7-9-3-6-22(8-11(9)25-10)14(23)21-4-1-2-5-21/h7H,1-6,8H2. The molecule has 4 heterocycles. The monoisotopic (exact) mass is 372 g/mol. The Bertz CT molecular complexity index is 795. The topological polar surface area (TPSA) is 62.5 Å². The first kappa shape index (κ1) is 16.4. The molecule has 2 amide bonds. The van der Waals surface area contributed by atoms with Gasteiger partial charge in [0.05, 0.1) is 11.4 Å². The van der Waals surface area contributed by atoms with E-state index in [-0.39, 0.29) is 11.9 Å². The Hall–Kier alpha value is -2.10. The first-order valence-electron chi connectivity index (χ1n) is 7.98. The number of thiophene rings is 1. The maximum absolute atomic E-state index is 12.6. The summed E-state index contributed by atoms with van der Waals surface area (Å²) in [5, 5.41) is 3.43. The van der Waals surface area contributed by atoms with Crippen LogP contribution in [0.5, 0.6) is 0 Å². The number of nitrogens with zero attached hydrogens (tertiary/aromatic N) is 4. The van der Waals surface area contributed by atoms with Crippen LogP contribution in [-0.4, -0.2) is 45.6 Å². The molecule has 0 aromatic carbocycles. The summed E-state index contributed by atoms with van der Waals surface area (Å²) < 4.78 is 42.1. The number of aromatic nitrogens is 2. The molecule has 0 radical (unpaired) electrons. The summed E-state index contributed by atoms with van der Waals surface area (Å²) in [6, 6.07) is 1.83. The zero-order valence-corrected chi connectivity index (χ0v) is 14.0. The number of hydrogen-bond donors (Lipinski definition) is 0. The second-order valence-corrected chi connectivity index (χ2v) is 7.26. The molecule has 4 rings (SSSR count). The number of likely N-dealkylation sites (tertiary alicyclic amines) is 1. The number of alkyl halides is 3. The fraction of sp³-hybridized carbons (Fsp3) is 0.533. The lowest BCUT2D eigenvalue weighted by atomic mass is 10.1. The summed E-state index contributed by atoms with van der Waals surface area (Å²) in [6.07, 6.45) is -1.91. The highest BCUT2D eigenvalue weighted by atomic mass is 32.1. The van der Waals surface area contributed by atoms with Crippen LogP contribution in [-0.2, 0) is 19.1 Å². The van der Waals surface area contributed by atoms with Crippen LogP contribution in [0.1, 0.15) is 29.2 Å². The second-order valence-electron chi connectivity index (χ2n) is 6.13. The summed E-state index contributed by atoms with van der Waals surface area (Å²) in [5.41, 5.74) is 1.03. The van der Waals surface area contributed by atoms with E-state index in [1.54, 1.807) is 11.0 Å². The Kier molecular flexibility index (Phi) is 3.94. The third-order valence-corrected chi connectivity index (χ3v) is 5.58. The van der Waals surface area contributed by atoms with E-state index in [1.807, 2.05) is 4.90 Å². The molecule has 0 bridgehead atoms. The summed E-state index contributed by atoms with van der Waals surface area (Å²) in [7, 11) is 0. The van der Waals surface area contributed by atoms with E-state index < -0.39 is 12.1 Å². The SMILES string of the molecule is O=C(N1CCCC1)N1CCc2cc(-c3noc(C(F)(F)F)n3)sc2C1. The highest BCUT2D eigenvalue weighted by Gasteiger charge is 2.39. The molecule has 25 heavy (non-hydrogen) atoms. The highest BCUT2D eigenvalue weighted by Crippen LogP contribution is 2.35. The second kappa shape index (κ2) is 6.01. The molecular weight excluding hydrogens is 357 g/mol. The molecule has 0 N–H and O–H groups in total. The van der Waals surface area contributed by atoms with Crippen molar-refractivity contribution in [3.8, 4) is 10.7 Å². The van der Waals surface area contributed by atoms with Gasteiger partial charge >= 0.3 is 18.1 Å². The third-order valence-electron chi connectivity index (χ3n) is 4.42. The van der Waals surface area contributed by atoms with Gasteiger partial charge in [-0.1, -0.05) is 5.16 Å². The molecule has 10 heteroatoms. The van der Waals surface area contributed by atoms with Crippen molar-refractivity contribution in [1.29, 1.82) is 0 Å². The minimum atomic E-state index is -4.65. The average molecular weight is 372 g/mol. The lowest BCUT2D eigenvalue weighted by molar-refractivity contribution is -0.159. The van der Waals surface area contributed by atoms with Gasteiger partial charge in [0, 0.05) is 24.5 Å². The fourth-order valence-electron chi connectivity index (χ4n) is 3.14. The molecule has 1 saturated heterocycles. The van der Waals surface area contributed by atoms with E-state index in [1.165, 1.54) is 11.3 Å². The molecule has 0 unspecified atom stereocenters. The van der Waals surface area contributed by atoms with E-state index in [2.05, 4.69) is 14.7 Å². The Morgan fingerprint density at radius 1 is 1.20 bits per heavy atom. The van der Waals surface area contributed by atoms with Crippen molar-refractivity contribution in [2.24, 2.45) is 0 Å². The van der Waals surface area contributed by atoms with Crippen molar-refractivity contribution in [1.82, 2.24) is 19.9 Å². The Labute approximate surface area is 145 Å². The molecule has 2 aromatic heterocycles. The number of halogens is 3. The van der Waals surface area contributed by atoms with E-state index in [9.17, 15) is 18.0 Å². The minimum Gasteiger partial charge on any atom is -0.329 e. The summed E-state index contributed by atoms with van der Waals surface area (Å²) >= 11 is 1.31. The van der Waals surface area contributed by atoms with Crippen molar-refractivity contribution < 1.29 is 22.5 Å². The van der Waals surface area contributed by atoms with E-state index in [0.717, 1.165) is 36.4 Å². The van der Waals surface area contributed by atoms with Crippen LogP contribution >= 0.6 is 11.3 Å². The van der Waals surface area contributed by atoms with Crippen LogP contribution in [0.3, 0.4) is 0 Å². The largest absolute Gasteiger partial charge is 0.471 e. The molecule has 2 aromatic rings. The van der Waals surface area contributed by atoms with Crippen LogP contribution in [0.15, 0.2) is 10.6 Å². The van der Waals surface area contributed by atoms with Gasteiger partial charge in [0.2, 0.25) is 5.82 Å². The number of amides is 2. The number of hydrogen-bond acceptors (Lipinski definition) is 5. The van der Waals surface area contributed by atoms with Gasteiger partial charge in [-0.2, -0.15) is 18.2 Å². The van der Waals surface area contributed by atoms with Gasteiger partial charge in [-0.3, -0.25) is 0 Å². The number of rotatable bonds is 1. The van der Waals surface area contributed by atoms with E-state index in [0.29, 0.717) is 24.4 Å². The smallest absolute Gasteiger partial charge is 0.329 e. The van der Waals surface area contributed by atoms with Crippen LogP contribution in [0, 0.1) is 0 Å². The van der Waals surface area contributed by atoms with Crippen molar-refractivity contribution in [2.45, 2.75) is 32.0 Å². The van der Waals surface area contributed by atoms with Crippen LogP contribution in [0.2, 0.25) is 0 Å². The predicted molar refractivity (Wildman–Crippen MR) is 82.9 cm³/mol. The maximum atomic E-state index is 12.6. The first-order valence-corrected chi connectivity index (χ1v) is 8.80. The van der Waals surface area contributed by atoms with Gasteiger partial charge in [0.15, 0.2) is 0 Å². The van der Waals surface area contributed by atoms with Gasteiger partial charge in [-0.25, -0.2) is 4.79 Å². The quantitative estimate of drug-likeness (QED) is 0.770. The zero-order valence-electron chi connectivity index (χ0n) is 13.2. The van der Waals surface area contributed by atoms with Gasteiger partial charge in [0.1, 0.15) is 0 Å². The van der Waals surface area contributed by atoms with Gasteiger partial charge in [-0.15, -0.1) is 11.3 Å². The summed E-state index contributed by atoms with van der Waals surface area (Å²) in [6.45, 7) is 2.67. The average Bonchev–Trinajstić information content (AvgIpc) is 3.31. The lowest BCUT2D eigenvalue weighted by Crippen LogP contribution is -2.43. The normalized spacial score (nSPS) is 17.9. The molecule has 134 valence electrons. The molecule has 2 aliphatic heterocycles. The molecule has 0 atom stereocenters. The Balaban J connectivity index is 1.52. The van der Waals surface area contributed by atoms with E-state index >= 15 is 0 Å². The number of fused-ring (bicyclic) bond motifs is 1. The van der Waals surface area contributed by atoms with Gasteiger partial charge < -0.3 is 14.3 Å². The lowest BCUT2D eigenvalue weighted by Gasteiger charge is -2.30. The van der Waals surface area contributed by atoms with Crippen LogP contribution < -0.4 is 0 Å². The van der Waals surface area contributed by atoms with Crippen molar-refractivity contribution in [3.63, 3.8) is 0 Å². The van der Waals surface area contributed by atoms with Crippen molar-refractivity contribution in [3.05, 3.63) is 22.4 Å². The summed E-state index contributed by atoms with van der Waals surface area (Å²) in [4.78, 5) is 21.1. The fourth-order valence-corrected chi connectivity index (χ4v) is 4.29. The molecule has 6 nitrogen and oxygen atoms in total. The summed E-state index contributed by atoms with van der Waals surface area (Å²) in [5.74, 6) is -1.41. The predicted octanol–water partition coefficient (Wildman–Crippen LogP) is 3.39. The Morgan fingerprint density at radius 2 is 1.96 bits per heavy atom. The van der Waals surface area contributed by atoms with Gasteiger partial charge in [-0.05, 0) is 30.9 Å². The number of carbonyl (C=O) groups is 1. The van der Waals surface area contributed by atoms with E-state index in [4.69, 9.17) is 0 Å². The number of carbonyl (C=O) groups excluding carboxylic acids is 1. The van der Waals surface area contributed by atoms with Crippen molar-refractivity contribution >= 4 is 17.4 Å². The zero-order chi connectivity index (χ0) is 17.6. The Morgan fingerprint density at radius 3 is 2.64 bits per heavy atom. The molecule has 1 fully saturated rings. The van der Waals surface area contributed by atoms with Crippen LogP contribution in [0.4, 0.5) is 18.0 Å². The van der Waals surface area contributed by atoms with Crippen molar-refractivity contribution in [2.75, 3.05) is 19.6 Å². The third kappa shape index (κ3) is 3.10. The molecule has 2 aliphatic rings. The molecular formula is C15H15F3N4O2S. The van der Waals surface area contributed by atoms with Gasteiger partial charge in [0.25, 0.3) is 0 Å². The molecule has 0 aliphatic carbocycles.